The van der Waals surface area contributed by atoms with Crippen LogP contribution in [0.3, 0.4) is 0 Å². The molecule has 1 aromatic carbocycles. The lowest BCUT2D eigenvalue weighted by Crippen LogP contribution is -2.41. The van der Waals surface area contributed by atoms with Gasteiger partial charge < -0.3 is 5.11 Å². The molecular weight excluding hydrogens is 284 g/mol. The van der Waals surface area contributed by atoms with Crippen LogP contribution in [0.2, 0.25) is 0 Å². The standard InChI is InChI=1S/C12H18N2O5S/c1-8(2)11(7-15)13-20(18,19)12-6-10(14(16)17)5-4-9(12)3/h4-6,8,11,13,15H,7H2,1-3H3/t11-/m1/s1. The summed E-state index contributed by atoms with van der Waals surface area (Å²) >= 11 is 0. The molecule has 0 unspecified atom stereocenters. The third-order valence-corrected chi connectivity index (χ3v) is 4.61. The van der Waals surface area contributed by atoms with E-state index in [-0.39, 0.29) is 23.1 Å². The Balaban J connectivity index is 3.21. The van der Waals surface area contributed by atoms with Crippen LogP contribution >= 0.6 is 0 Å². The molecule has 8 heteroatoms. The number of rotatable bonds is 6. The maximum atomic E-state index is 12.3. The summed E-state index contributed by atoms with van der Waals surface area (Å²) in [5.41, 5.74) is 0.115. The number of aryl methyl sites for hydroxylation is 1. The smallest absolute Gasteiger partial charge is 0.270 e. The van der Waals surface area contributed by atoms with Crippen molar-refractivity contribution in [2.75, 3.05) is 6.61 Å². The van der Waals surface area contributed by atoms with Crippen LogP contribution in [0.5, 0.6) is 0 Å². The number of nitrogens with zero attached hydrogens (tertiary/aromatic N) is 1. The minimum absolute atomic E-state index is 0.103. The van der Waals surface area contributed by atoms with Crippen molar-refractivity contribution in [2.24, 2.45) is 5.92 Å². The number of nitrogens with one attached hydrogen (secondary N) is 1. The highest BCUT2D eigenvalue weighted by molar-refractivity contribution is 7.89. The van der Waals surface area contributed by atoms with Crippen LogP contribution in [0.4, 0.5) is 5.69 Å². The molecule has 0 aliphatic rings. The minimum Gasteiger partial charge on any atom is -0.395 e. The molecule has 0 saturated heterocycles. The van der Waals surface area contributed by atoms with Gasteiger partial charge in [0.05, 0.1) is 16.4 Å². The summed E-state index contributed by atoms with van der Waals surface area (Å²) in [6.07, 6.45) is 0. The normalized spacial score (nSPS) is 13.4. The van der Waals surface area contributed by atoms with E-state index in [1.54, 1.807) is 20.8 Å². The second kappa shape index (κ2) is 6.29. The van der Waals surface area contributed by atoms with Crippen LogP contribution in [0.1, 0.15) is 19.4 Å². The lowest BCUT2D eigenvalue weighted by Gasteiger charge is -2.20. The Kier molecular flexibility index (Phi) is 5.21. The summed E-state index contributed by atoms with van der Waals surface area (Å²) in [5.74, 6) is -0.103. The SMILES string of the molecule is Cc1ccc([N+](=O)[O-])cc1S(=O)(=O)N[C@H](CO)C(C)C. The molecule has 0 aromatic heterocycles. The van der Waals surface area contributed by atoms with E-state index < -0.39 is 21.0 Å². The summed E-state index contributed by atoms with van der Waals surface area (Å²) in [7, 11) is -3.92. The van der Waals surface area contributed by atoms with E-state index in [0.29, 0.717) is 5.56 Å². The van der Waals surface area contributed by atoms with Gasteiger partial charge in [-0.25, -0.2) is 13.1 Å². The summed E-state index contributed by atoms with van der Waals surface area (Å²) in [5, 5.41) is 19.9. The third-order valence-electron chi connectivity index (χ3n) is 2.98. The predicted molar refractivity (Wildman–Crippen MR) is 73.9 cm³/mol. The number of aliphatic hydroxyl groups excluding tert-OH is 1. The quantitative estimate of drug-likeness (QED) is 0.606. The van der Waals surface area contributed by atoms with Gasteiger partial charge in [-0.1, -0.05) is 19.9 Å². The van der Waals surface area contributed by atoms with E-state index in [4.69, 9.17) is 0 Å². The van der Waals surface area contributed by atoms with Gasteiger partial charge in [0.15, 0.2) is 0 Å². The van der Waals surface area contributed by atoms with E-state index in [1.807, 2.05) is 0 Å². The summed E-state index contributed by atoms with van der Waals surface area (Å²) in [4.78, 5) is 9.93. The van der Waals surface area contributed by atoms with Crippen LogP contribution in [0, 0.1) is 23.0 Å². The maximum Gasteiger partial charge on any atom is 0.270 e. The van der Waals surface area contributed by atoms with Crippen molar-refractivity contribution in [3.63, 3.8) is 0 Å². The second-order valence-electron chi connectivity index (χ2n) is 4.86. The third kappa shape index (κ3) is 3.75. The number of non-ortho nitro benzene ring substituents is 1. The molecule has 0 heterocycles. The van der Waals surface area contributed by atoms with Gasteiger partial charge in [-0.3, -0.25) is 10.1 Å². The van der Waals surface area contributed by atoms with Crippen molar-refractivity contribution >= 4 is 15.7 Å². The molecule has 0 amide bonds. The van der Waals surface area contributed by atoms with Gasteiger partial charge >= 0.3 is 0 Å². The van der Waals surface area contributed by atoms with Crippen LogP contribution in [0.25, 0.3) is 0 Å². The first-order valence-electron chi connectivity index (χ1n) is 6.07. The molecule has 20 heavy (non-hydrogen) atoms. The van der Waals surface area contributed by atoms with Crippen molar-refractivity contribution in [3.8, 4) is 0 Å². The van der Waals surface area contributed by atoms with Crippen molar-refractivity contribution in [3.05, 3.63) is 33.9 Å². The molecule has 7 nitrogen and oxygen atoms in total. The number of nitro groups is 1. The molecule has 0 radical (unpaired) electrons. The largest absolute Gasteiger partial charge is 0.395 e. The Hall–Kier alpha value is -1.51. The number of nitro benzene ring substituents is 1. The molecular formula is C12H18N2O5S. The van der Waals surface area contributed by atoms with Crippen molar-refractivity contribution in [1.82, 2.24) is 4.72 Å². The molecule has 0 bridgehead atoms. The monoisotopic (exact) mass is 302 g/mol. The van der Waals surface area contributed by atoms with Crippen molar-refractivity contribution in [1.29, 1.82) is 0 Å². The fourth-order valence-electron chi connectivity index (χ4n) is 1.64. The van der Waals surface area contributed by atoms with E-state index in [2.05, 4.69) is 4.72 Å². The van der Waals surface area contributed by atoms with Gasteiger partial charge in [0.2, 0.25) is 10.0 Å². The highest BCUT2D eigenvalue weighted by Crippen LogP contribution is 2.22. The number of sulfonamides is 1. The number of aliphatic hydroxyl groups is 1. The van der Waals surface area contributed by atoms with Crippen LogP contribution in [-0.2, 0) is 10.0 Å². The summed E-state index contributed by atoms with van der Waals surface area (Å²) in [6.45, 7) is 4.75. The topological polar surface area (TPSA) is 110 Å². The zero-order valence-electron chi connectivity index (χ0n) is 11.5. The molecule has 1 atom stereocenters. The molecule has 1 aromatic rings. The van der Waals surface area contributed by atoms with Crippen molar-refractivity contribution < 1.29 is 18.4 Å². The maximum absolute atomic E-state index is 12.3. The number of hydrogen-bond donors (Lipinski definition) is 2. The van der Waals surface area contributed by atoms with Crippen LogP contribution < -0.4 is 4.72 Å². The fourth-order valence-corrected chi connectivity index (χ4v) is 3.28. The Morgan fingerprint density at radius 2 is 2.00 bits per heavy atom. The van der Waals surface area contributed by atoms with Gasteiger partial charge in [0, 0.05) is 18.2 Å². The van der Waals surface area contributed by atoms with Gasteiger partial charge in [-0.2, -0.15) is 0 Å². The van der Waals surface area contributed by atoms with E-state index >= 15 is 0 Å². The van der Waals surface area contributed by atoms with Crippen molar-refractivity contribution in [2.45, 2.75) is 31.7 Å². The first-order valence-corrected chi connectivity index (χ1v) is 7.55. The molecule has 0 aliphatic carbocycles. The van der Waals surface area contributed by atoms with E-state index in [9.17, 15) is 23.6 Å². The molecule has 0 saturated carbocycles. The molecule has 1 rings (SSSR count). The number of hydrogen-bond acceptors (Lipinski definition) is 5. The molecule has 0 fully saturated rings. The van der Waals surface area contributed by atoms with Crippen LogP contribution in [-0.4, -0.2) is 31.1 Å². The highest BCUT2D eigenvalue weighted by Gasteiger charge is 2.25. The van der Waals surface area contributed by atoms with Gasteiger partial charge in [-0.05, 0) is 18.4 Å². The van der Waals surface area contributed by atoms with Gasteiger partial charge in [0.1, 0.15) is 0 Å². The van der Waals surface area contributed by atoms with E-state index in [0.717, 1.165) is 6.07 Å². The van der Waals surface area contributed by atoms with E-state index in [1.165, 1.54) is 12.1 Å². The molecule has 112 valence electrons. The average Bonchev–Trinajstić information content (AvgIpc) is 2.35. The first-order chi connectivity index (χ1) is 9.19. The zero-order valence-corrected chi connectivity index (χ0v) is 12.3. The Bertz CT molecular complexity index is 598. The summed E-state index contributed by atoms with van der Waals surface area (Å²) in [6, 6.07) is 3.02. The lowest BCUT2D eigenvalue weighted by molar-refractivity contribution is -0.385. The predicted octanol–water partition coefficient (Wildman–Crippen LogP) is 1.20. The number of benzene rings is 1. The van der Waals surface area contributed by atoms with Gasteiger partial charge in [-0.15, -0.1) is 0 Å². The van der Waals surface area contributed by atoms with Crippen LogP contribution in [0.15, 0.2) is 23.1 Å². The lowest BCUT2D eigenvalue weighted by atomic mass is 10.1. The molecule has 2 N–H and O–H groups in total. The highest BCUT2D eigenvalue weighted by atomic mass is 32.2. The molecule has 0 aliphatic heterocycles. The Morgan fingerprint density at radius 1 is 1.40 bits per heavy atom. The Labute approximate surface area is 117 Å². The summed E-state index contributed by atoms with van der Waals surface area (Å²) < 4.78 is 26.9. The first kappa shape index (κ1) is 16.5. The minimum atomic E-state index is -3.92. The zero-order chi connectivity index (χ0) is 15.5. The average molecular weight is 302 g/mol. The fraction of sp³-hybridized carbons (Fsp3) is 0.500. The Morgan fingerprint density at radius 3 is 2.45 bits per heavy atom. The van der Waals surface area contributed by atoms with Gasteiger partial charge in [0.25, 0.3) is 5.69 Å². The second-order valence-corrected chi connectivity index (χ2v) is 6.54. The molecule has 0 spiro atoms.